The molecule has 8 nitrogen and oxygen atoms in total. The number of hydrogen-bond acceptors (Lipinski definition) is 6. The first-order valence-electron chi connectivity index (χ1n) is 12.6. The number of thioether (sulfide) groups is 1. The highest BCUT2D eigenvalue weighted by atomic mass is 32.2. The first-order valence-corrected chi connectivity index (χ1v) is 13.4. The zero-order valence-electron chi connectivity index (χ0n) is 22.9. The molecule has 208 valence electrons. The predicted octanol–water partition coefficient (Wildman–Crippen LogP) is 6.08. The van der Waals surface area contributed by atoms with Gasteiger partial charge in [-0.05, 0) is 73.9 Å². The fourth-order valence-corrected chi connectivity index (χ4v) is 5.04. The van der Waals surface area contributed by atoms with E-state index in [1.807, 2.05) is 32.0 Å². The van der Waals surface area contributed by atoms with Crippen LogP contribution in [0.1, 0.15) is 18.1 Å². The van der Waals surface area contributed by atoms with Gasteiger partial charge in [0.25, 0.3) is 0 Å². The first kappa shape index (κ1) is 28.7. The lowest BCUT2D eigenvalue weighted by Crippen LogP contribution is -2.25. The fraction of sp³-hybridized carbons (Fsp3) is 0.233. The molecule has 4 aromatic rings. The van der Waals surface area contributed by atoms with E-state index in [0.717, 1.165) is 16.8 Å². The van der Waals surface area contributed by atoms with Crippen molar-refractivity contribution in [2.45, 2.75) is 37.7 Å². The number of imidazole rings is 1. The van der Waals surface area contributed by atoms with Crippen LogP contribution < -0.4 is 20.1 Å². The predicted molar refractivity (Wildman–Crippen MR) is 156 cm³/mol. The van der Waals surface area contributed by atoms with Crippen LogP contribution in [-0.2, 0) is 16.1 Å². The summed E-state index contributed by atoms with van der Waals surface area (Å²) in [7, 11) is 3.05. The number of nitrogens with one attached hydrogen (secondary N) is 2. The molecule has 40 heavy (non-hydrogen) atoms. The van der Waals surface area contributed by atoms with Crippen LogP contribution in [0.15, 0.2) is 72.0 Å². The number of nitrogens with zero attached hydrogens (tertiary/aromatic N) is 2. The molecule has 1 heterocycles. The summed E-state index contributed by atoms with van der Waals surface area (Å²) >= 11 is 1.23. The van der Waals surface area contributed by atoms with Crippen molar-refractivity contribution in [1.82, 2.24) is 9.55 Å². The molecule has 2 amide bonds. The van der Waals surface area contributed by atoms with Crippen LogP contribution in [0.5, 0.6) is 11.5 Å². The van der Waals surface area contributed by atoms with Crippen molar-refractivity contribution in [2.24, 2.45) is 0 Å². The number of ether oxygens (including phenoxy) is 2. The highest BCUT2D eigenvalue weighted by Gasteiger charge is 2.22. The molecular weight excluding hydrogens is 531 g/mol. The summed E-state index contributed by atoms with van der Waals surface area (Å²) < 4.78 is 26.0. The molecule has 1 atom stereocenters. The Hall–Kier alpha value is -4.31. The van der Waals surface area contributed by atoms with Crippen LogP contribution in [0.25, 0.3) is 11.3 Å². The monoisotopic (exact) mass is 562 g/mol. The molecule has 0 spiro atoms. The summed E-state index contributed by atoms with van der Waals surface area (Å²) in [6, 6.07) is 16.9. The summed E-state index contributed by atoms with van der Waals surface area (Å²) in [5.74, 6) is 0.132. The summed E-state index contributed by atoms with van der Waals surface area (Å²) in [4.78, 5) is 30.9. The van der Waals surface area contributed by atoms with Gasteiger partial charge < -0.3 is 24.7 Å². The number of benzene rings is 3. The Balaban J connectivity index is 1.60. The number of halogens is 1. The van der Waals surface area contributed by atoms with E-state index in [9.17, 15) is 14.0 Å². The lowest BCUT2D eigenvalue weighted by molar-refractivity contribution is -0.117. The third-order valence-electron chi connectivity index (χ3n) is 6.32. The zero-order valence-corrected chi connectivity index (χ0v) is 23.8. The van der Waals surface area contributed by atoms with E-state index in [1.165, 1.54) is 38.1 Å². The first-order chi connectivity index (χ1) is 19.2. The maximum atomic E-state index is 13.6. The summed E-state index contributed by atoms with van der Waals surface area (Å²) in [6.07, 6.45) is 1.62. The highest BCUT2D eigenvalue weighted by molar-refractivity contribution is 8.00. The van der Waals surface area contributed by atoms with Crippen molar-refractivity contribution in [3.05, 3.63) is 83.8 Å². The van der Waals surface area contributed by atoms with E-state index in [1.54, 1.807) is 48.0 Å². The lowest BCUT2D eigenvalue weighted by atomic mass is 10.1. The van der Waals surface area contributed by atoms with Crippen molar-refractivity contribution in [1.29, 1.82) is 0 Å². The second kappa shape index (κ2) is 12.7. The minimum absolute atomic E-state index is 0.110. The minimum atomic E-state index is -0.525. The van der Waals surface area contributed by atoms with Crippen LogP contribution in [0, 0.1) is 19.7 Å². The molecule has 0 radical (unpaired) electrons. The standard InChI is InChI=1S/C30H31FN4O4S/c1-18-7-6-8-19(2)28(18)34-29(37)20(3)40-30-32-16-25(21-9-11-22(31)12-10-21)35(30)17-27(36)33-24-15-23(38-4)13-14-26(24)39-5/h6-16,20H,17H2,1-5H3,(H,33,36)(H,34,37). The lowest BCUT2D eigenvalue weighted by Gasteiger charge is -2.17. The molecule has 0 bridgehead atoms. The third kappa shape index (κ3) is 6.63. The number of carbonyl (C=O) groups excluding carboxylic acids is 2. The van der Waals surface area contributed by atoms with Gasteiger partial charge in [-0.2, -0.15) is 0 Å². The van der Waals surface area contributed by atoms with Crippen LogP contribution >= 0.6 is 11.8 Å². The number of rotatable bonds is 10. The molecule has 0 aliphatic heterocycles. The van der Waals surface area contributed by atoms with Crippen molar-refractivity contribution >= 4 is 35.0 Å². The smallest absolute Gasteiger partial charge is 0.244 e. The molecule has 0 saturated heterocycles. The SMILES string of the molecule is COc1ccc(OC)c(NC(=O)Cn2c(-c3ccc(F)cc3)cnc2SC(C)C(=O)Nc2c(C)cccc2C)c1. The van der Waals surface area contributed by atoms with Gasteiger partial charge in [-0.25, -0.2) is 9.37 Å². The molecule has 0 aliphatic carbocycles. The van der Waals surface area contributed by atoms with Gasteiger partial charge in [0.15, 0.2) is 5.16 Å². The maximum absolute atomic E-state index is 13.6. The number of carbonyl (C=O) groups is 2. The van der Waals surface area contributed by atoms with Crippen LogP contribution in [0.2, 0.25) is 0 Å². The quantitative estimate of drug-likeness (QED) is 0.228. The molecule has 0 aliphatic rings. The fourth-order valence-electron chi connectivity index (χ4n) is 4.15. The molecule has 2 N–H and O–H groups in total. The average Bonchev–Trinajstić information content (AvgIpc) is 3.32. The summed E-state index contributed by atoms with van der Waals surface area (Å²) in [5, 5.41) is 5.83. The van der Waals surface area contributed by atoms with Gasteiger partial charge in [-0.1, -0.05) is 30.0 Å². The topological polar surface area (TPSA) is 94.5 Å². The Kier molecular flexibility index (Phi) is 9.11. The van der Waals surface area contributed by atoms with Gasteiger partial charge in [-0.15, -0.1) is 0 Å². The van der Waals surface area contributed by atoms with E-state index < -0.39 is 5.25 Å². The number of methoxy groups -OCH3 is 2. The number of amides is 2. The molecule has 0 saturated carbocycles. The van der Waals surface area contributed by atoms with E-state index in [0.29, 0.717) is 33.6 Å². The highest BCUT2D eigenvalue weighted by Crippen LogP contribution is 2.32. The van der Waals surface area contributed by atoms with Gasteiger partial charge in [0, 0.05) is 11.8 Å². The number of aromatic nitrogens is 2. The Morgan fingerprint density at radius 2 is 1.70 bits per heavy atom. The van der Waals surface area contributed by atoms with Crippen molar-refractivity contribution in [2.75, 3.05) is 24.9 Å². The summed E-state index contributed by atoms with van der Waals surface area (Å²) in [5.41, 5.74) is 4.45. The molecule has 4 rings (SSSR count). The summed E-state index contributed by atoms with van der Waals surface area (Å²) in [6.45, 7) is 5.56. The zero-order chi connectivity index (χ0) is 28.8. The van der Waals surface area contributed by atoms with Gasteiger partial charge in [0.1, 0.15) is 23.9 Å². The number of para-hydroxylation sites is 1. The second-order valence-corrected chi connectivity index (χ2v) is 10.5. The van der Waals surface area contributed by atoms with E-state index >= 15 is 0 Å². The van der Waals surface area contributed by atoms with Gasteiger partial charge in [-0.3, -0.25) is 9.59 Å². The normalized spacial score (nSPS) is 11.6. The Morgan fingerprint density at radius 1 is 1.00 bits per heavy atom. The minimum Gasteiger partial charge on any atom is -0.497 e. The molecule has 0 fully saturated rings. The van der Waals surface area contributed by atoms with Crippen LogP contribution in [0.3, 0.4) is 0 Å². The van der Waals surface area contributed by atoms with E-state index in [-0.39, 0.29) is 24.2 Å². The average molecular weight is 563 g/mol. The number of aryl methyl sites for hydroxylation is 2. The number of anilines is 2. The van der Waals surface area contributed by atoms with E-state index in [2.05, 4.69) is 15.6 Å². The van der Waals surface area contributed by atoms with Crippen LogP contribution in [-0.4, -0.2) is 40.8 Å². The largest absolute Gasteiger partial charge is 0.497 e. The molecule has 3 aromatic carbocycles. The molecule has 1 unspecified atom stereocenters. The maximum Gasteiger partial charge on any atom is 0.244 e. The van der Waals surface area contributed by atoms with Crippen molar-refractivity contribution < 1.29 is 23.5 Å². The number of hydrogen-bond donors (Lipinski definition) is 2. The second-order valence-electron chi connectivity index (χ2n) is 9.15. The van der Waals surface area contributed by atoms with Crippen molar-refractivity contribution in [3.8, 4) is 22.8 Å². The van der Waals surface area contributed by atoms with E-state index in [4.69, 9.17) is 9.47 Å². The van der Waals surface area contributed by atoms with Gasteiger partial charge in [0.2, 0.25) is 11.8 Å². The van der Waals surface area contributed by atoms with Gasteiger partial charge >= 0.3 is 0 Å². The Bertz CT molecular complexity index is 1500. The molecule has 1 aromatic heterocycles. The van der Waals surface area contributed by atoms with Crippen LogP contribution in [0.4, 0.5) is 15.8 Å². The molecule has 10 heteroatoms. The Labute approximate surface area is 236 Å². The van der Waals surface area contributed by atoms with Crippen molar-refractivity contribution in [3.63, 3.8) is 0 Å². The third-order valence-corrected chi connectivity index (χ3v) is 7.43. The molecular formula is C30H31FN4O4S. The Morgan fingerprint density at radius 3 is 2.35 bits per heavy atom. The van der Waals surface area contributed by atoms with Gasteiger partial charge in [0.05, 0.1) is 37.0 Å².